The third-order valence-corrected chi connectivity index (χ3v) is 3.37. The first-order chi connectivity index (χ1) is 8.79. The van der Waals surface area contributed by atoms with E-state index in [-0.39, 0.29) is 0 Å². The molecule has 94 valence electrons. The Morgan fingerprint density at radius 1 is 1.28 bits per heavy atom. The Bertz CT molecular complexity index is 537. The molecular formula is C13H14BrN3O. The number of benzene rings is 1. The van der Waals surface area contributed by atoms with Gasteiger partial charge in [0.05, 0.1) is 13.0 Å². The molecule has 0 radical (unpaired) electrons. The average Bonchev–Trinajstić information content (AvgIpc) is 3.08. The normalized spacial score (nSPS) is 14.9. The summed E-state index contributed by atoms with van der Waals surface area (Å²) in [4.78, 5) is 0. The number of aromatic nitrogens is 2. The molecule has 0 aliphatic heterocycles. The van der Waals surface area contributed by atoms with Crippen molar-refractivity contribution in [1.29, 1.82) is 0 Å². The zero-order valence-electron chi connectivity index (χ0n) is 9.90. The van der Waals surface area contributed by atoms with Crippen LogP contribution in [0.4, 0.5) is 0 Å². The highest BCUT2D eigenvalue weighted by Crippen LogP contribution is 2.19. The summed E-state index contributed by atoms with van der Waals surface area (Å²) in [6.07, 6.45) is 3.20. The van der Waals surface area contributed by atoms with Crippen LogP contribution in [0.2, 0.25) is 0 Å². The van der Waals surface area contributed by atoms with E-state index in [9.17, 15) is 0 Å². The second-order valence-electron chi connectivity index (χ2n) is 4.55. The van der Waals surface area contributed by atoms with Crippen molar-refractivity contribution in [1.82, 2.24) is 15.5 Å². The Morgan fingerprint density at radius 3 is 2.89 bits per heavy atom. The molecule has 0 atom stereocenters. The minimum atomic E-state index is 0.658. The lowest BCUT2D eigenvalue weighted by Crippen LogP contribution is -2.15. The largest absolute Gasteiger partial charge is 0.424 e. The first-order valence-electron chi connectivity index (χ1n) is 6.09. The Labute approximate surface area is 114 Å². The fourth-order valence-electron chi connectivity index (χ4n) is 1.77. The van der Waals surface area contributed by atoms with E-state index in [1.165, 1.54) is 12.8 Å². The van der Waals surface area contributed by atoms with Crippen LogP contribution in [-0.2, 0) is 13.0 Å². The highest BCUT2D eigenvalue weighted by atomic mass is 79.9. The molecule has 3 rings (SSSR count). The molecule has 0 bridgehead atoms. The van der Waals surface area contributed by atoms with Crippen molar-refractivity contribution in [2.45, 2.75) is 31.8 Å². The summed E-state index contributed by atoms with van der Waals surface area (Å²) in [6.45, 7) is 0.677. The number of rotatable bonds is 5. The Morgan fingerprint density at radius 2 is 2.11 bits per heavy atom. The van der Waals surface area contributed by atoms with Gasteiger partial charge >= 0.3 is 0 Å². The van der Waals surface area contributed by atoms with Crippen molar-refractivity contribution in [3.05, 3.63) is 46.1 Å². The minimum absolute atomic E-state index is 0.658. The van der Waals surface area contributed by atoms with Crippen LogP contribution < -0.4 is 5.32 Å². The summed E-state index contributed by atoms with van der Waals surface area (Å²) < 4.78 is 6.67. The van der Waals surface area contributed by atoms with E-state index in [0.717, 1.165) is 10.0 Å². The van der Waals surface area contributed by atoms with Gasteiger partial charge in [-0.05, 0) is 30.5 Å². The SMILES string of the molecule is Brc1cccc(Cc2nnc(CNC3CC3)o2)c1. The van der Waals surface area contributed by atoms with Crippen molar-refractivity contribution in [2.75, 3.05) is 0 Å². The third-order valence-electron chi connectivity index (χ3n) is 2.87. The second-order valence-corrected chi connectivity index (χ2v) is 5.47. The summed E-state index contributed by atoms with van der Waals surface area (Å²) >= 11 is 3.45. The Hall–Kier alpha value is -1.20. The molecule has 1 fully saturated rings. The molecule has 1 aromatic heterocycles. The molecule has 0 saturated heterocycles. The number of halogens is 1. The maximum atomic E-state index is 5.61. The van der Waals surface area contributed by atoms with Crippen molar-refractivity contribution in [2.24, 2.45) is 0 Å². The maximum absolute atomic E-state index is 5.61. The first-order valence-corrected chi connectivity index (χ1v) is 6.88. The molecule has 5 heteroatoms. The maximum Gasteiger partial charge on any atom is 0.230 e. The molecule has 0 unspecified atom stereocenters. The van der Waals surface area contributed by atoms with Crippen LogP contribution in [0.25, 0.3) is 0 Å². The molecule has 1 aromatic carbocycles. The molecular weight excluding hydrogens is 294 g/mol. The van der Waals surface area contributed by atoms with Crippen LogP contribution in [-0.4, -0.2) is 16.2 Å². The summed E-state index contributed by atoms with van der Waals surface area (Å²) in [5.74, 6) is 1.34. The molecule has 0 amide bonds. The molecule has 4 nitrogen and oxygen atoms in total. The first kappa shape index (κ1) is 11.9. The van der Waals surface area contributed by atoms with Crippen molar-refractivity contribution < 1.29 is 4.42 Å². The van der Waals surface area contributed by atoms with Crippen LogP contribution in [0.3, 0.4) is 0 Å². The minimum Gasteiger partial charge on any atom is -0.424 e. The van der Waals surface area contributed by atoms with Gasteiger partial charge in [0.1, 0.15) is 0 Å². The van der Waals surface area contributed by atoms with Gasteiger partial charge in [-0.15, -0.1) is 10.2 Å². The fraction of sp³-hybridized carbons (Fsp3) is 0.385. The highest BCUT2D eigenvalue weighted by molar-refractivity contribution is 9.10. The van der Waals surface area contributed by atoms with Crippen molar-refractivity contribution in [3.63, 3.8) is 0 Å². The van der Waals surface area contributed by atoms with Gasteiger partial charge in [0.15, 0.2) is 0 Å². The lowest BCUT2D eigenvalue weighted by atomic mass is 10.1. The Kier molecular flexibility index (Phi) is 3.43. The second kappa shape index (κ2) is 5.20. The highest BCUT2D eigenvalue weighted by Gasteiger charge is 2.21. The van der Waals surface area contributed by atoms with Crippen molar-refractivity contribution in [3.8, 4) is 0 Å². The van der Waals surface area contributed by atoms with E-state index >= 15 is 0 Å². The van der Waals surface area contributed by atoms with Gasteiger partial charge < -0.3 is 9.73 Å². The summed E-state index contributed by atoms with van der Waals surface area (Å²) in [5.41, 5.74) is 1.16. The lowest BCUT2D eigenvalue weighted by molar-refractivity contribution is 0.438. The fourth-order valence-corrected chi connectivity index (χ4v) is 2.22. The lowest BCUT2D eigenvalue weighted by Gasteiger charge is -1.98. The van der Waals surface area contributed by atoms with Gasteiger partial charge in [-0.3, -0.25) is 0 Å². The molecule has 2 aromatic rings. The van der Waals surface area contributed by atoms with Crippen LogP contribution in [0, 0.1) is 0 Å². The van der Waals surface area contributed by atoms with E-state index in [0.29, 0.717) is 30.8 Å². The third kappa shape index (κ3) is 3.17. The zero-order chi connectivity index (χ0) is 12.4. The standard InChI is InChI=1S/C13H14BrN3O/c14-10-3-1-2-9(6-10)7-12-16-17-13(18-12)8-15-11-4-5-11/h1-3,6,11,15H,4-5,7-8H2. The van der Waals surface area contributed by atoms with Crippen LogP contribution >= 0.6 is 15.9 Å². The molecule has 1 saturated carbocycles. The quantitative estimate of drug-likeness (QED) is 0.922. The van der Waals surface area contributed by atoms with E-state index in [1.807, 2.05) is 12.1 Å². The van der Waals surface area contributed by atoms with Crippen molar-refractivity contribution >= 4 is 15.9 Å². The molecule has 1 N–H and O–H groups in total. The van der Waals surface area contributed by atoms with Gasteiger partial charge in [-0.25, -0.2) is 0 Å². The smallest absolute Gasteiger partial charge is 0.230 e. The van der Waals surface area contributed by atoms with E-state index < -0.39 is 0 Å². The van der Waals surface area contributed by atoms with Gasteiger partial charge in [-0.2, -0.15) is 0 Å². The van der Waals surface area contributed by atoms with Crippen LogP contribution in [0.15, 0.2) is 33.2 Å². The predicted molar refractivity (Wildman–Crippen MR) is 71.1 cm³/mol. The summed E-state index contributed by atoms with van der Waals surface area (Å²) in [6, 6.07) is 8.78. The molecule has 18 heavy (non-hydrogen) atoms. The topological polar surface area (TPSA) is 51.0 Å². The summed E-state index contributed by atoms with van der Waals surface area (Å²) in [7, 11) is 0. The van der Waals surface area contributed by atoms with Crippen LogP contribution in [0.1, 0.15) is 30.2 Å². The molecule has 0 spiro atoms. The van der Waals surface area contributed by atoms with E-state index in [1.54, 1.807) is 0 Å². The summed E-state index contributed by atoms with van der Waals surface area (Å²) in [5, 5.41) is 11.5. The van der Waals surface area contributed by atoms with Gasteiger partial charge in [0.25, 0.3) is 0 Å². The van der Waals surface area contributed by atoms with E-state index in [4.69, 9.17) is 4.42 Å². The van der Waals surface area contributed by atoms with Crippen LogP contribution in [0.5, 0.6) is 0 Å². The van der Waals surface area contributed by atoms with Gasteiger partial charge in [0.2, 0.25) is 11.8 Å². The predicted octanol–water partition coefficient (Wildman–Crippen LogP) is 2.67. The monoisotopic (exact) mass is 307 g/mol. The number of nitrogens with one attached hydrogen (secondary N) is 1. The number of nitrogens with zero attached hydrogens (tertiary/aromatic N) is 2. The number of hydrogen-bond acceptors (Lipinski definition) is 4. The van der Waals surface area contributed by atoms with Gasteiger partial charge in [-0.1, -0.05) is 28.1 Å². The zero-order valence-corrected chi connectivity index (χ0v) is 11.5. The molecule has 1 heterocycles. The molecule has 1 aliphatic rings. The number of hydrogen-bond donors (Lipinski definition) is 1. The molecule has 1 aliphatic carbocycles. The van der Waals surface area contributed by atoms with E-state index in [2.05, 4.69) is 43.6 Å². The van der Waals surface area contributed by atoms with Gasteiger partial charge in [0, 0.05) is 10.5 Å². The Balaban J connectivity index is 1.61. The average molecular weight is 308 g/mol.